The number of piperidine rings is 3. The number of phenols is 1. The summed E-state index contributed by atoms with van der Waals surface area (Å²) in [6, 6.07) is 11.9. The second kappa shape index (κ2) is 4.72. The van der Waals surface area contributed by atoms with Crippen LogP contribution in [0, 0.1) is 5.92 Å². The predicted octanol–water partition coefficient (Wildman–Crippen LogP) is 1.13. The maximum atomic E-state index is 11.1. The van der Waals surface area contributed by atoms with E-state index in [-0.39, 0.29) is 0 Å². The molecule has 3 aliphatic heterocycles. The van der Waals surface area contributed by atoms with Crippen molar-refractivity contribution in [3.05, 3.63) is 42.0 Å². The Morgan fingerprint density at radius 1 is 1.10 bits per heavy atom. The van der Waals surface area contributed by atoms with Gasteiger partial charge in [0.2, 0.25) is 0 Å². The average molecular weight is 284 g/mol. The van der Waals surface area contributed by atoms with Gasteiger partial charge in [0.25, 0.3) is 0 Å². The summed E-state index contributed by atoms with van der Waals surface area (Å²) < 4.78 is 0. The Morgan fingerprint density at radius 2 is 1.86 bits per heavy atom. The number of benzene rings is 2. The molecule has 0 aliphatic carbocycles. The molecule has 21 heavy (non-hydrogen) atoms. The van der Waals surface area contributed by atoms with Gasteiger partial charge in [-0.1, -0.05) is 36.4 Å². The molecule has 0 amide bonds. The largest absolute Gasteiger partial charge is 0.507 e. The minimum absolute atomic E-state index is 0.341. The van der Waals surface area contributed by atoms with E-state index in [1.54, 1.807) is 0 Å². The van der Waals surface area contributed by atoms with Gasteiger partial charge < -0.3 is 15.1 Å². The topological polar surface area (TPSA) is 44.9 Å². The van der Waals surface area contributed by atoms with Gasteiger partial charge in [-0.15, -0.1) is 0 Å². The molecule has 3 fully saturated rings. The Morgan fingerprint density at radius 3 is 2.57 bits per heavy atom. The molecule has 0 unspecified atom stereocenters. The molecule has 3 aliphatic rings. The smallest absolute Gasteiger partial charge is 0.126 e. The summed E-state index contributed by atoms with van der Waals surface area (Å²) in [7, 11) is 0. The van der Waals surface area contributed by atoms with Crippen LogP contribution in [0.25, 0.3) is 10.8 Å². The first kappa shape index (κ1) is 13.1. The van der Waals surface area contributed by atoms with Crippen molar-refractivity contribution in [1.82, 2.24) is 0 Å². The monoisotopic (exact) mass is 284 g/mol. The molecule has 2 aromatic carbocycles. The number of nitrogens with one attached hydrogen (secondary N) is 1. The number of aromatic hydroxyl groups is 1. The lowest BCUT2D eigenvalue weighted by atomic mass is 9.72. The fraction of sp³-hybridized carbons (Fsp3) is 0.444. The third-order valence-electron chi connectivity index (χ3n) is 5.49. The first-order chi connectivity index (χ1) is 10.2. The zero-order chi connectivity index (χ0) is 14.4. The van der Waals surface area contributed by atoms with Crippen molar-refractivity contribution >= 4 is 10.8 Å². The van der Waals surface area contributed by atoms with Gasteiger partial charge in [-0.3, -0.25) is 0 Å². The van der Waals surface area contributed by atoms with Crippen LogP contribution in [-0.2, 0) is 6.42 Å². The van der Waals surface area contributed by atoms with Crippen LogP contribution in [0.2, 0.25) is 0 Å². The van der Waals surface area contributed by atoms with E-state index in [4.69, 9.17) is 0 Å². The number of aliphatic hydroxyl groups is 1. The SMILES string of the molecule is Oc1c(C[C@@]2(O)C[NH+]3CCC2CC3)ccc2ccccc12. The Balaban J connectivity index is 1.69. The molecule has 3 nitrogen and oxygen atoms in total. The van der Waals surface area contributed by atoms with Crippen molar-refractivity contribution in [2.24, 2.45) is 5.92 Å². The van der Waals surface area contributed by atoms with Crippen molar-refractivity contribution in [2.45, 2.75) is 24.9 Å². The van der Waals surface area contributed by atoms with E-state index in [1.807, 2.05) is 36.4 Å². The first-order valence-corrected chi connectivity index (χ1v) is 7.91. The summed E-state index contributed by atoms with van der Waals surface area (Å²) in [6.07, 6.45) is 2.79. The van der Waals surface area contributed by atoms with Crippen molar-refractivity contribution in [3.63, 3.8) is 0 Å². The number of phenolic OH excluding ortho intramolecular Hbond substituents is 1. The number of rotatable bonds is 2. The Kier molecular flexibility index (Phi) is 2.95. The highest BCUT2D eigenvalue weighted by Gasteiger charge is 2.48. The minimum atomic E-state index is -0.647. The molecule has 1 atom stereocenters. The molecule has 3 saturated heterocycles. The van der Waals surface area contributed by atoms with Crippen molar-refractivity contribution < 1.29 is 15.1 Å². The fourth-order valence-corrected chi connectivity index (χ4v) is 4.30. The third-order valence-corrected chi connectivity index (χ3v) is 5.49. The Labute approximate surface area is 124 Å². The van der Waals surface area contributed by atoms with E-state index in [0.717, 1.165) is 35.7 Å². The number of fused-ring (bicyclic) bond motifs is 4. The molecule has 0 saturated carbocycles. The maximum absolute atomic E-state index is 11.1. The summed E-state index contributed by atoms with van der Waals surface area (Å²) in [6.45, 7) is 3.21. The minimum Gasteiger partial charge on any atom is -0.507 e. The molecule has 3 heterocycles. The van der Waals surface area contributed by atoms with E-state index in [0.29, 0.717) is 18.1 Å². The number of hydrogen-bond donors (Lipinski definition) is 3. The van der Waals surface area contributed by atoms with Gasteiger partial charge in [-0.25, -0.2) is 0 Å². The van der Waals surface area contributed by atoms with Gasteiger partial charge in [-0.05, 0) is 10.9 Å². The van der Waals surface area contributed by atoms with Gasteiger partial charge in [0.05, 0.1) is 13.1 Å². The molecule has 2 aromatic rings. The average Bonchev–Trinajstić information content (AvgIpc) is 2.51. The standard InChI is InChI=1S/C18H21NO2/c20-17-14(6-5-13-3-1-2-4-16(13)17)11-18(21)12-19-9-7-15(18)8-10-19/h1-6,15,20-21H,7-12H2/p+1/t18-/m1/s1. The van der Waals surface area contributed by atoms with Crippen LogP contribution < -0.4 is 4.90 Å². The van der Waals surface area contributed by atoms with Gasteiger partial charge in [0.15, 0.2) is 0 Å². The number of quaternary nitrogens is 1. The molecule has 3 heteroatoms. The fourth-order valence-electron chi connectivity index (χ4n) is 4.30. The zero-order valence-electron chi connectivity index (χ0n) is 12.2. The Hall–Kier alpha value is -1.58. The van der Waals surface area contributed by atoms with E-state index < -0.39 is 5.60 Å². The molecule has 0 aromatic heterocycles. The summed E-state index contributed by atoms with van der Waals surface area (Å²) in [4.78, 5) is 1.51. The van der Waals surface area contributed by atoms with E-state index >= 15 is 0 Å². The predicted molar refractivity (Wildman–Crippen MR) is 82.6 cm³/mol. The summed E-state index contributed by atoms with van der Waals surface area (Å²) in [5.74, 6) is 0.730. The highest BCUT2D eigenvalue weighted by atomic mass is 16.3. The van der Waals surface area contributed by atoms with Gasteiger partial charge in [-0.2, -0.15) is 0 Å². The molecular formula is C18H22NO2+. The summed E-state index contributed by atoms with van der Waals surface area (Å²) in [5.41, 5.74) is 0.232. The van der Waals surface area contributed by atoms with Crippen LogP contribution in [0.1, 0.15) is 18.4 Å². The van der Waals surface area contributed by atoms with Crippen molar-refractivity contribution in [3.8, 4) is 5.75 Å². The summed E-state index contributed by atoms with van der Waals surface area (Å²) >= 11 is 0. The molecular weight excluding hydrogens is 262 g/mol. The quantitative estimate of drug-likeness (QED) is 0.774. The molecule has 110 valence electrons. The van der Waals surface area contributed by atoms with Crippen LogP contribution in [0.3, 0.4) is 0 Å². The van der Waals surface area contributed by atoms with Gasteiger partial charge in [0.1, 0.15) is 17.9 Å². The Bertz CT molecular complexity index is 676. The summed E-state index contributed by atoms with van der Waals surface area (Å²) in [5, 5.41) is 23.6. The van der Waals surface area contributed by atoms with Crippen molar-refractivity contribution in [1.29, 1.82) is 0 Å². The number of hydrogen-bond acceptors (Lipinski definition) is 2. The highest BCUT2D eigenvalue weighted by Crippen LogP contribution is 2.36. The van der Waals surface area contributed by atoms with E-state index in [9.17, 15) is 10.2 Å². The van der Waals surface area contributed by atoms with Crippen LogP contribution in [0.15, 0.2) is 36.4 Å². The molecule has 3 N–H and O–H groups in total. The molecule has 2 bridgehead atoms. The maximum Gasteiger partial charge on any atom is 0.126 e. The first-order valence-electron chi connectivity index (χ1n) is 7.91. The van der Waals surface area contributed by atoms with Crippen LogP contribution >= 0.6 is 0 Å². The zero-order valence-corrected chi connectivity index (χ0v) is 12.2. The third kappa shape index (κ3) is 2.12. The second-order valence-electron chi connectivity index (χ2n) is 6.78. The lowest BCUT2D eigenvalue weighted by molar-refractivity contribution is -0.925. The van der Waals surface area contributed by atoms with Gasteiger partial charge >= 0.3 is 0 Å². The normalized spacial score (nSPS) is 31.7. The molecule has 0 radical (unpaired) electrons. The lowest BCUT2D eigenvalue weighted by Crippen LogP contribution is -3.17. The van der Waals surface area contributed by atoms with Crippen molar-refractivity contribution in [2.75, 3.05) is 19.6 Å². The van der Waals surface area contributed by atoms with Gasteiger partial charge in [0, 0.05) is 30.6 Å². The van der Waals surface area contributed by atoms with Crippen LogP contribution in [-0.4, -0.2) is 35.4 Å². The van der Waals surface area contributed by atoms with Crippen LogP contribution in [0.4, 0.5) is 0 Å². The second-order valence-corrected chi connectivity index (χ2v) is 6.78. The lowest BCUT2D eigenvalue weighted by Gasteiger charge is -2.47. The molecule has 5 rings (SSSR count). The van der Waals surface area contributed by atoms with Crippen LogP contribution in [0.5, 0.6) is 5.75 Å². The van der Waals surface area contributed by atoms with E-state index in [2.05, 4.69) is 0 Å². The molecule has 0 spiro atoms. The highest BCUT2D eigenvalue weighted by molar-refractivity contribution is 5.89. The van der Waals surface area contributed by atoms with E-state index in [1.165, 1.54) is 18.0 Å².